The number of amides is 1. The van der Waals surface area contributed by atoms with Crippen molar-refractivity contribution >= 4 is 29.3 Å². The lowest BCUT2D eigenvalue weighted by Crippen LogP contribution is -2.37. The van der Waals surface area contributed by atoms with Gasteiger partial charge in [0.1, 0.15) is 0 Å². The molecule has 130 valence electrons. The summed E-state index contributed by atoms with van der Waals surface area (Å²) in [6.07, 6.45) is 1.72. The molecule has 0 bridgehead atoms. The van der Waals surface area contributed by atoms with E-state index in [0.717, 1.165) is 17.0 Å². The third kappa shape index (κ3) is 4.85. The second-order valence-corrected chi connectivity index (χ2v) is 7.08. The van der Waals surface area contributed by atoms with Crippen LogP contribution in [0.4, 0.5) is 5.69 Å². The predicted octanol–water partition coefficient (Wildman–Crippen LogP) is 3.04. The maximum absolute atomic E-state index is 12.5. The number of rotatable bonds is 6. The molecule has 0 fully saturated rings. The Kier molecular flexibility index (Phi) is 6.87. The number of esters is 1. The summed E-state index contributed by atoms with van der Waals surface area (Å²) in [5.41, 5.74) is 0.879. The molecule has 0 aromatic heterocycles. The van der Waals surface area contributed by atoms with Gasteiger partial charge in [0.2, 0.25) is 0 Å². The molecule has 1 aromatic carbocycles. The van der Waals surface area contributed by atoms with Crippen molar-refractivity contribution in [3.8, 4) is 0 Å². The molecule has 0 saturated heterocycles. The quantitative estimate of drug-likeness (QED) is 0.584. The molecule has 2 rings (SSSR count). The van der Waals surface area contributed by atoms with Crippen molar-refractivity contribution in [1.82, 2.24) is 0 Å². The van der Waals surface area contributed by atoms with Crippen LogP contribution in [0.1, 0.15) is 20.3 Å². The van der Waals surface area contributed by atoms with Crippen LogP contribution in [-0.2, 0) is 19.1 Å². The van der Waals surface area contributed by atoms with Crippen LogP contribution in [0.2, 0.25) is 0 Å². The number of hydrogen-bond donors (Lipinski definition) is 0. The summed E-state index contributed by atoms with van der Waals surface area (Å²) in [5, 5.41) is 0.429. The number of fused-ring (bicyclic) bond motifs is 1. The molecule has 0 saturated carbocycles. The summed E-state index contributed by atoms with van der Waals surface area (Å²) in [4.78, 5) is 27.2. The summed E-state index contributed by atoms with van der Waals surface area (Å²) in [7, 11) is 0. The van der Waals surface area contributed by atoms with Crippen molar-refractivity contribution in [2.75, 3.05) is 24.7 Å². The Bertz CT molecular complexity index is 604. The Morgan fingerprint density at radius 1 is 1.46 bits per heavy atom. The van der Waals surface area contributed by atoms with Gasteiger partial charge in [0.25, 0.3) is 5.91 Å². The van der Waals surface area contributed by atoms with Crippen LogP contribution in [-0.4, -0.2) is 43.0 Å². The van der Waals surface area contributed by atoms with E-state index in [0.29, 0.717) is 11.8 Å². The van der Waals surface area contributed by atoms with Gasteiger partial charge in [-0.15, -0.1) is 18.3 Å². The van der Waals surface area contributed by atoms with Crippen LogP contribution in [0.25, 0.3) is 0 Å². The van der Waals surface area contributed by atoms with Gasteiger partial charge >= 0.3 is 5.97 Å². The van der Waals surface area contributed by atoms with Crippen LogP contribution >= 0.6 is 11.8 Å². The van der Waals surface area contributed by atoms with Gasteiger partial charge in [0.05, 0.1) is 12.3 Å². The summed E-state index contributed by atoms with van der Waals surface area (Å²) >= 11 is 1.76. The highest BCUT2D eigenvalue weighted by atomic mass is 32.2. The molecule has 1 aliphatic rings. The lowest BCUT2D eigenvalue weighted by Gasteiger charge is -2.22. The minimum Gasteiger partial charge on any atom is -0.454 e. The van der Waals surface area contributed by atoms with Crippen molar-refractivity contribution in [3.63, 3.8) is 0 Å². The van der Waals surface area contributed by atoms with Gasteiger partial charge in [-0.2, -0.15) is 0 Å². The van der Waals surface area contributed by atoms with E-state index in [2.05, 4.69) is 13.5 Å². The van der Waals surface area contributed by atoms with Gasteiger partial charge in [0, 0.05) is 16.7 Å². The molecule has 0 radical (unpaired) electrons. The van der Waals surface area contributed by atoms with Crippen molar-refractivity contribution < 1.29 is 19.1 Å². The number of thioether (sulfide) groups is 1. The van der Waals surface area contributed by atoms with Gasteiger partial charge in [-0.1, -0.05) is 25.1 Å². The fraction of sp³-hybridized carbons (Fsp3) is 0.444. The molecular formula is C18H23NO4S. The summed E-state index contributed by atoms with van der Waals surface area (Å²) in [5.74, 6) is -0.766. The molecule has 6 heteroatoms. The lowest BCUT2D eigenvalue weighted by atomic mass is 10.2. The Labute approximate surface area is 147 Å². The highest BCUT2D eigenvalue weighted by molar-refractivity contribution is 8.00. The van der Waals surface area contributed by atoms with E-state index < -0.39 is 12.1 Å². The number of carbonyl (C=O) groups excluding carboxylic acids is 2. The second kappa shape index (κ2) is 8.89. The summed E-state index contributed by atoms with van der Waals surface area (Å²) in [6, 6.07) is 7.81. The first-order valence-corrected chi connectivity index (χ1v) is 8.86. The average molecular weight is 349 g/mol. The van der Waals surface area contributed by atoms with Crippen LogP contribution in [0.15, 0.2) is 41.8 Å². The molecule has 0 spiro atoms. The summed E-state index contributed by atoms with van der Waals surface area (Å²) in [6.45, 7) is 7.86. The second-order valence-electron chi connectivity index (χ2n) is 5.60. The smallest absolute Gasteiger partial charge is 0.335 e. The topological polar surface area (TPSA) is 55.8 Å². The number of carbonyl (C=O) groups is 2. The van der Waals surface area contributed by atoms with Crippen molar-refractivity contribution in [1.29, 1.82) is 0 Å². The first-order valence-electron chi connectivity index (χ1n) is 7.98. The molecule has 5 nitrogen and oxygen atoms in total. The fourth-order valence-corrected chi connectivity index (χ4v) is 3.47. The standard InChI is InChI=1S/C18H23NO4S/c1-4-11-22-14(3)18(21)23-12-17(20)19-10-9-13(2)24-16-8-6-5-7-15(16)19/h4-8,13-14H,1,9-12H2,2-3H3. The Morgan fingerprint density at radius 2 is 2.21 bits per heavy atom. The number of ether oxygens (including phenoxy) is 2. The van der Waals surface area contributed by atoms with E-state index in [-0.39, 0.29) is 19.1 Å². The minimum atomic E-state index is -0.720. The van der Waals surface area contributed by atoms with Gasteiger partial charge in [-0.25, -0.2) is 4.79 Å². The first kappa shape index (κ1) is 18.5. The molecule has 2 atom stereocenters. The third-order valence-electron chi connectivity index (χ3n) is 3.68. The van der Waals surface area contributed by atoms with E-state index in [4.69, 9.17) is 9.47 Å². The molecule has 24 heavy (non-hydrogen) atoms. The largest absolute Gasteiger partial charge is 0.454 e. The molecule has 1 heterocycles. The average Bonchev–Trinajstić information content (AvgIpc) is 2.75. The normalized spacial score (nSPS) is 18.2. The zero-order valence-corrected chi connectivity index (χ0v) is 14.9. The van der Waals surface area contributed by atoms with E-state index >= 15 is 0 Å². The van der Waals surface area contributed by atoms with Crippen molar-refractivity contribution in [3.05, 3.63) is 36.9 Å². The number of para-hydroxylation sites is 1. The highest BCUT2D eigenvalue weighted by Crippen LogP contribution is 2.37. The van der Waals surface area contributed by atoms with Gasteiger partial charge in [-0.05, 0) is 25.5 Å². The number of nitrogens with zero attached hydrogens (tertiary/aromatic N) is 1. The third-order valence-corrected chi connectivity index (χ3v) is 4.92. The molecule has 1 amide bonds. The first-order chi connectivity index (χ1) is 11.5. The van der Waals surface area contributed by atoms with Crippen LogP contribution in [0.3, 0.4) is 0 Å². The maximum atomic E-state index is 12.5. The van der Waals surface area contributed by atoms with Gasteiger partial charge < -0.3 is 14.4 Å². The van der Waals surface area contributed by atoms with Gasteiger partial charge in [0.15, 0.2) is 12.7 Å². The van der Waals surface area contributed by atoms with Crippen molar-refractivity contribution in [2.45, 2.75) is 36.5 Å². The zero-order valence-electron chi connectivity index (χ0n) is 14.1. The lowest BCUT2D eigenvalue weighted by molar-refractivity contribution is -0.157. The molecule has 2 unspecified atom stereocenters. The number of benzene rings is 1. The van der Waals surface area contributed by atoms with Crippen LogP contribution < -0.4 is 4.90 Å². The monoisotopic (exact) mass is 349 g/mol. The van der Waals surface area contributed by atoms with Crippen molar-refractivity contribution in [2.24, 2.45) is 0 Å². The van der Waals surface area contributed by atoms with E-state index in [1.54, 1.807) is 29.7 Å². The van der Waals surface area contributed by atoms with Gasteiger partial charge in [-0.3, -0.25) is 4.79 Å². The number of anilines is 1. The SMILES string of the molecule is C=CCOC(C)C(=O)OCC(=O)N1CCC(C)Sc2ccccc21. The van der Waals surface area contributed by atoms with E-state index in [1.165, 1.54) is 0 Å². The Hall–Kier alpha value is -1.79. The summed E-state index contributed by atoms with van der Waals surface area (Å²) < 4.78 is 10.3. The minimum absolute atomic E-state index is 0.221. The van der Waals surface area contributed by atoms with Crippen LogP contribution in [0.5, 0.6) is 0 Å². The Morgan fingerprint density at radius 3 is 2.96 bits per heavy atom. The Balaban J connectivity index is 1.99. The molecule has 0 aliphatic carbocycles. The predicted molar refractivity (Wildman–Crippen MR) is 95.3 cm³/mol. The highest BCUT2D eigenvalue weighted by Gasteiger charge is 2.25. The zero-order chi connectivity index (χ0) is 17.5. The number of hydrogen-bond acceptors (Lipinski definition) is 5. The molecular weight excluding hydrogens is 326 g/mol. The fourth-order valence-electron chi connectivity index (χ4n) is 2.35. The van der Waals surface area contributed by atoms with E-state index in [1.807, 2.05) is 24.3 Å². The molecule has 0 N–H and O–H groups in total. The van der Waals surface area contributed by atoms with E-state index in [9.17, 15) is 9.59 Å². The van der Waals surface area contributed by atoms with Crippen LogP contribution in [0, 0.1) is 0 Å². The maximum Gasteiger partial charge on any atom is 0.335 e. The molecule has 1 aromatic rings. The molecule has 1 aliphatic heterocycles.